The molecule has 0 spiro atoms. The van der Waals surface area contributed by atoms with Crippen LogP contribution < -0.4 is 5.32 Å². The van der Waals surface area contributed by atoms with Crippen molar-refractivity contribution in [2.45, 2.75) is 117 Å². The third-order valence-corrected chi connectivity index (χ3v) is 14.3. The van der Waals surface area contributed by atoms with Crippen LogP contribution in [0, 0.1) is 64.1 Å². The van der Waals surface area contributed by atoms with E-state index in [1.165, 1.54) is 37.7 Å². The molecule has 12 atom stereocenters. The van der Waals surface area contributed by atoms with Crippen molar-refractivity contribution in [1.82, 2.24) is 5.32 Å². The van der Waals surface area contributed by atoms with Gasteiger partial charge < -0.3 is 15.2 Å². The number of ether oxygens (including phenoxy) is 1. The summed E-state index contributed by atoms with van der Waals surface area (Å²) in [5, 5.41) is 13.0. The molecular weight excluding hydrogens is 514 g/mol. The minimum absolute atomic E-state index is 0.0634. The molecule has 2 N–H and O–H groups in total. The van der Waals surface area contributed by atoms with Gasteiger partial charge in [-0.2, -0.15) is 0 Å². The lowest BCUT2D eigenvalue weighted by molar-refractivity contribution is -0.196. The maximum atomic E-state index is 13.3. The van der Waals surface area contributed by atoms with Crippen LogP contribution in [-0.4, -0.2) is 41.5 Å². The number of allylic oxidation sites excluding steroid dienone is 1. The lowest BCUT2D eigenvalue weighted by Gasteiger charge is -2.67. The van der Waals surface area contributed by atoms with Crippen molar-refractivity contribution in [3.63, 3.8) is 0 Å². The number of hydrogen-bond acceptors (Lipinski definition) is 5. The van der Waals surface area contributed by atoms with E-state index in [-0.39, 0.29) is 46.2 Å². The van der Waals surface area contributed by atoms with E-state index >= 15 is 0 Å². The number of carbonyl (C=O) groups is 3. The van der Waals surface area contributed by atoms with Crippen molar-refractivity contribution in [1.29, 1.82) is 0 Å². The summed E-state index contributed by atoms with van der Waals surface area (Å²) in [5.41, 5.74) is 3.01. The zero-order valence-electron chi connectivity index (χ0n) is 26.4. The summed E-state index contributed by atoms with van der Waals surface area (Å²) in [6, 6.07) is 0. The molecule has 0 aromatic heterocycles. The number of aliphatic carboxylic acids is 1. The second kappa shape index (κ2) is 9.92. The molecule has 6 aliphatic rings. The quantitative estimate of drug-likeness (QED) is 0.372. The van der Waals surface area contributed by atoms with Crippen LogP contribution in [0.4, 0.5) is 0 Å². The van der Waals surface area contributed by atoms with Gasteiger partial charge in [0, 0.05) is 12.0 Å². The molecule has 0 aromatic rings. The number of carbonyl (C=O) groups excluding carboxylic acids is 2. The predicted octanol–water partition coefficient (Wildman–Crippen LogP) is 6.43. The molecule has 228 valence electrons. The number of carboxylic acid groups (broad SMARTS) is 1. The molecule has 12 unspecified atom stereocenters. The minimum atomic E-state index is -0.797. The lowest BCUT2D eigenvalue weighted by atomic mass is 9.38. The molecule has 6 aliphatic carbocycles. The van der Waals surface area contributed by atoms with E-state index in [4.69, 9.17) is 4.74 Å². The summed E-state index contributed by atoms with van der Waals surface area (Å²) in [4.78, 5) is 37.8. The number of carboxylic acids is 1. The Labute approximate surface area is 246 Å². The number of ketones is 1. The number of Topliss-reactive ketones (excluding diaryl/α,β-unsaturated/α-hetero) is 1. The average Bonchev–Trinajstić information content (AvgIpc) is 3.22. The Morgan fingerprint density at radius 3 is 2.22 bits per heavy atom. The van der Waals surface area contributed by atoms with Crippen LogP contribution in [0.2, 0.25) is 0 Å². The molecule has 6 nitrogen and oxygen atoms in total. The normalized spacial score (nSPS) is 49.0. The molecule has 5 fully saturated rings. The first-order valence-corrected chi connectivity index (χ1v) is 16.7. The van der Waals surface area contributed by atoms with Crippen LogP contribution in [0.3, 0.4) is 0 Å². The van der Waals surface area contributed by atoms with E-state index in [1.54, 1.807) is 0 Å². The van der Waals surface area contributed by atoms with Crippen LogP contribution in [0.1, 0.15) is 106 Å². The zero-order chi connectivity index (χ0) is 29.6. The van der Waals surface area contributed by atoms with Crippen molar-refractivity contribution < 1.29 is 24.2 Å². The smallest absolute Gasteiger partial charge is 0.309 e. The Balaban J connectivity index is 1.21. The van der Waals surface area contributed by atoms with Gasteiger partial charge in [0.05, 0.1) is 11.8 Å². The highest BCUT2D eigenvalue weighted by atomic mass is 16.5. The first kappa shape index (κ1) is 29.4. The standard InChI is InChI=1S/C35H53NO5/c1-18(2)29-26(37)17-35(36-7)15-11-25-21(30(29)35)8-9-28-33(5)14-12-27(20(4)24(33)10-13-34(25,28)6)41-32(40)23-16-22(19(23)3)31(38)39/h18-25,27-28,36H,8-17H2,1-7H3,(H,38,39). The van der Waals surface area contributed by atoms with Crippen molar-refractivity contribution >= 4 is 17.7 Å². The van der Waals surface area contributed by atoms with Crippen LogP contribution in [0.15, 0.2) is 11.1 Å². The van der Waals surface area contributed by atoms with Crippen LogP contribution >= 0.6 is 0 Å². The summed E-state index contributed by atoms with van der Waals surface area (Å²) >= 11 is 0. The summed E-state index contributed by atoms with van der Waals surface area (Å²) in [7, 11) is 2.07. The molecule has 0 radical (unpaired) electrons. The van der Waals surface area contributed by atoms with E-state index in [1.807, 2.05) is 6.92 Å². The Morgan fingerprint density at radius 2 is 1.59 bits per heavy atom. The fourth-order valence-corrected chi connectivity index (χ4v) is 12.0. The van der Waals surface area contributed by atoms with Gasteiger partial charge in [-0.15, -0.1) is 0 Å². The number of rotatable bonds is 5. The topological polar surface area (TPSA) is 92.7 Å². The maximum absolute atomic E-state index is 13.3. The summed E-state index contributed by atoms with van der Waals surface area (Å²) in [5.74, 6) is 1.49. The number of fused-ring (bicyclic) bond motifs is 7. The highest BCUT2D eigenvalue weighted by Crippen LogP contribution is 2.70. The molecule has 0 aliphatic heterocycles. The van der Waals surface area contributed by atoms with Gasteiger partial charge in [-0.05, 0) is 128 Å². The zero-order valence-corrected chi connectivity index (χ0v) is 26.4. The first-order chi connectivity index (χ1) is 19.3. The van der Waals surface area contributed by atoms with E-state index in [0.29, 0.717) is 48.2 Å². The molecule has 0 aromatic carbocycles. The second-order valence-corrected chi connectivity index (χ2v) is 16.0. The van der Waals surface area contributed by atoms with E-state index in [0.717, 1.165) is 24.8 Å². The average molecular weight is 568 g/mol. The lowest BCUT2D eigenvalue weighted by Crippen LogP contribution is -2.62. The maximum Gasteiger partial charge on any atom is 0.309 e. The van der Waals surface area contributed by atoms with Crippen molar-refractivity contribution in [2.75, 3.05) is 7.05 Å². The first-order valence-electron chi connectivity index (χ1n) is 16.7. The van der Waals surface area contributed by atoms with Crippen LogP contribution in [0.5, 0.6) is 0 Å². The predicted molar refractivity (Wildman–Crippen MR) is 158 cm³/mol. The molecular formula is C35H53NO5. The highest BCUT2D eigenvalue weighted by molar-refractivity contribution is 6.01. The summed E-state index contributed by atoms with van der Waals surface area (Å²) in [6.45, 7) is 13.8. The fourth-order valence-electron chi connectivity index (χ4n) is 12.0. The Kier molecular flexibility index (Phi) is 7.11. The second-order valence-electron chi connectivity index (χ2n) is 16.0. The Morgan fingerprint density at radius 1 is 0.927 bits per heavy atom. The number of likely N-dealkylation sites (N-methyl/N-ethyl adjacent to an activating group) is 1. The van der Waals surface area contributed by atoms with E-state index < -0.39 is 11.9 Å². The molecule has 0 heterocycles. The molecule has 6 heteroatoms. The van der Waals surface area contributed by atoms with Gasteiger partial charge >= 0.3 is 11.9 Å². The molecule has 6 rings (SSSR count). The summed E-state index contributed by atoms with van der Waals surface area (Å²) < 4.78 is 6.19. The molecule has 0 saturated heterocycles. The van der Waals surface area contributed by atoms with Gasteiger partial charge in [-0.1, -0.05) is 41.5 Å². The van der Waals surface area contributed by atoms with Crippen LogP contribution in [0.25, 0.3) is 0 Å². The van der Waals surface area contributed by atoms with Gasteiger partial charge in [-0.25, -0.2) is 0 Å². The fraction of sp³-hybridized carbons (Fsp3) is 0.857. The van der Waals surface area contributed by atoms with E-state index in [2.05, 4.69) is 47.0 Å². The number of hydrogen-bond donors (Lipinski definition) is 2. The van der Waals surface area contributed by atoms with Crippen molar-refractivity contribution in [2.24, 2.45) is 64.1 Å². The van der Waals surface area contributed by atoms with Crippen molar-refractivity contribution in [3.8, 4) is 0 Å². The monoisotopic (exact) mass is 567 g/mol. The van der Waals surface area contributed by atoms with Gasteiger partial charge in [0.2, 0.25) is 0 Å². The molecule has 41 heavy (non-hydrogen) atoms. The van der Waals surface area contributed by atoms with Gasteiger partial charge in [-0.3, -0.25) is 14.4 Å². The summed E-state index contributed by atoms with van der Waals surface area (Å²) in [6.07, 6.45) is 10.1. The van der Waals surface area contributed by atoms with Gasteiger partial charge in [0.1, 0.15) is 6.10 Å². The minimum Gasteiger partial charge on any atom is -0.481 e. The molecule has 5 saturated carbocycles. The number of nitrogens with one attached hydrogen (secondary N) is 1. The third-order valence-electron chi connectivity index (χ3n) is 14.3. The van der Waals surface area contributed by atoms with E-state index in [9.17, 15) is 19.5 Å². The third kappa shape index (κ3) is 4.08. The van der Waals surface area contributed by atoms with Crippen molar-refractivity contribution in [3.05, 3.63) is 11.1 Å². The van der Waals surface area contributed by atoms with Crippen LogP contribution in [-0.2, 0) is 19.1 Å². The van der Waals surface area contributed by atoms with Gasteiger partial charge in [0.25, 0.3) is 0 Å². The Hall–Kier alpha value is -1.69. The molecule has 0 bridgehead atoms. The number of esters is 1. The Bertz CT molecular complexity index is 1160. The largest absolute Gasteiger partial charge is 0.481 e. The highest BCUT2D eigenvalue weighted by Gasteiger charge is 2.65. The SMILES string of the molecule is CNC12CCC3C(CCC4C3(C)CCC3C(C)C(OC(=O)C5CC(C(=O)O)C5C)CCC34C)C1=C(C(C)C)C(=O)C2. The molecule has 0 amide bonds. The van der Waals surface area contributed by atoms with Gasteiger partial charge in [0.15, 0.2) is 5.78 Å².